The van der Waals surface area contributed by atoms with E-state index in [-0.39, 0.29) is 45.1 Å². The normalized spacial score (nSPS) is 27.1. The molecule has 7 N–H and O–H groups in total. The van der Waals surface area contributed by atoms with E-state index in [2.05, 4.69) is 29.4 Å². The van der Waals surface area contributed by atoms with Crippen LogP contribution in [0.2, 0.25) is 0 Å². The molecule has 0 radical (unpaired) electrons. The molecule has 5 aliphatic heterocycles. The van der Waals surface area contributed by atoms with Gasteiger partial charge in [0, 0.05) is 106 Å². The molecule has 4 aromatic rings. The predicted octanol–water partition coefficient (Wildman–Crippen LogP) is 2.41. The predicted molar refractivity (Wildman–Crippen MR) is 290 cm³/mol. The number of rotatable bonds is 8. The summed E-state index contributed by atoms with van der Waals surface area (Å²) in [4.78, 5) is 109. The van der Waals surface area contributed by atoms with Gasteiger partial charge in [-0.05, 0) is 18.9 Å². The lowest BCUT2D eigenvalue weighted by Gasteiger charge is -2.38. The first-order chi connectivity index (χ1) is 37.8. The maximum Gasteiger partial charge on any atom is 0.397 e. The van der Waals surface area contributed by atoms with Gasteiger partial charge in [-0.2, -0.15) is 0 Å². The van der Waals surface area contributed by atoms with Gasteiger partial charge >= 0.3 is 23.6 Å². The Morgan fingerprint density at radius 1 is 0.950 bits per heavy atom. The van der Waals surface area contributed by atoms with Gasteiger partial charge in [0.25, 0.3) is 11.8 Å². The Morgan fingerprint density at radius 2 is 1.66 bits per heavy atom. The average Bonchev–Trinajstić information content (AvgIpc) is 3.95. The largest absolute Gasteiger partial charge is 0.507 e. The number of hydrogen-bond acceptors (Lipinski definition) is 21. The fourth-order valence-electron chi connectivity index (χ4n) is 10.7. The number of phenols is 1. The first kappa shape index (κ1) is 58.5. The molecule has 5 bridgehead atoms. The molecule has 430 valence electrons. The summed E-state index contributed by atoms with van der Waals surface area (Å²) in [5, 5.41) is 51.6. The molecule has 2 saturated heterocycles. The van der Waals surface area contributed by atoms with Crippen molar-refractivity contribution in [1.82, 2.24) is 20.7 Å². The summed E-state index contributed by atoms with van der Waals surface area (Å²) in [7, 11) is 1.40. The lowest BCUT2D eigenvalue weighted by molar-refractivity contribution is -0.160. The zero-order valence-electron chi connectivity index (χ0n) is 46.1. The van der Waals surface area contributed by atoms with Gasteiger partial charge < -0.3 is 64.1 Å². The Morgan fingerprint density at radius 3 is 2.31 bits per heavy atom. The number of hydrogen-bond donors (Lipinski definition) is 7. The highest BCUT2D eigenvalue weighted by Gasteiger charge is 2.44. The van der Waals surface area contributed by atoms with Crippen molar-refractivity contribution < 1.29 is 77.3 Å². The molecule has 10 atom stereocenters. The molecule has 1 aromatic heterocycles. The number of hydroxylamine groups is 1. The summed E-state index contributed by atoms with van der Waals surface area (Å²) in [5.41, 5.74) is -1.21. The lowest BCUT2D eigenvalue weighted by atomic mass is 9.78. The fourth-order valence-corrected chi connectivity index (χ4v) is 10.7. The zero-order valence-corrected chi connectivity index (χ0v) is 46.1. The second-order valence-corrected chi connectivity index (χ2v) is 21.4. The number of esters is 2. The molecular formula is C56H68N6O18. The number of phenolic OH excluding ortho intramolecular Hbond substituents is 1. The monoisotopic (exact) mass is 1110 g/mol. The quantitative estimate of drug-likeness (QED) is 0.0576. The Balaban J connectivity index is 1.33. The number of aromatic hydroxyl groups is 1. The molecular weight excluding hydrogens is 1040 g/mol. The summed E-state index contributed by atoms with van der Waals surface area (Å²) < 4.78 is 35.9. The number of anilines is 2. The molecule has 0 aliphatic carbocycles. The van der Waals surface area contributed by atoms with E-state index in [1.165, 1.54) is 64.5 Å². The van der Waals surface area contributed by atoms with E-state index in [1.807, 2.05) is 10.4 Å². The van der Waals surface area contributed by atoms with E-state index < -0.39 is 141 Å². The van der Waals surface area contributed by atoms with Crippen molar-refractivity contribution in [2.45, 2.75) is 98.6 Å². The molecule has 0 spiro atoms. The molecule has 5 aliphatic rings. The molecule has 9 rings (SSSR count). The Hall–Kier alpha value is -7.64. The van der Waals surface area contributed by atoms with Gasteiger partial charge in [-0.15, -0.1) is 0 Å². The molecule has 3 aromatic carbocycles. The van der Waals surface area contributed by atoms with Crippen molar-refractivity contribution in [2.75, 3.05) is 63.3 Å². The summed E-state index contributed by atoms with van der Waals surface area (Å²) in [6, 6.07) is 1.77. The molecule has 6 heterocycles. The number of ether oxygens (including phenoxy) is 5. The SMILES string of the molecule is COC1C=COC2(C)Oc3c(C)c(O)c4c(=O)c(c5oc6cc(N7CCN(CC(C)C)CC7)cc(=O)c6nc5c4c3=C2O)NC(=O)C(COC(=O)C(=O)NC2CONC2=O)=CC=CC(C)C(O)C(C)C(O)C(C)C(OC(C)=O)C1C. The van der Waals surface area contributed by atoms with Gasteiger partial charge in [0.15, 0.2) is 22.4 Å². The highest BCUT2D eigenvalue weighted by atomic mass is 16.7. The van der Waals surface area contributed by atoms with Crippen molar-refractivity contribution >= 4 is 79.8 Å². The van der Waals surface area contributed by atoms with E-state index in [1.54, 1.807) is 33.8 Å². The van der Waals surface area contributed by atoms with Crippen LogP contribution < -0.4 is 41.8 Å². The van der Waals surface area contributed by atoms with Crippen LogP contribution in [-0.2, 0) is 47.8 Å². The maximum absolute atomic E-state index is 15.3. The van der Waals surface area contributed by atoms with Gasteiger partial charge in [0.1, 0.15) is 48.1 Å². The molecule has 2 fully saturated rings. The second kappa shape index (κ2) is 23.6. The second-order valence-electron chi connectivity index (χ2n) is 21.4. The van der Waals surface area contributed by atoms with Gasteiger partial charge in [0.05, 0.1) is 40.8 Å². The number of aliphatic hydroxyl groups is 3. The third-order valence-electron chi connectivity index (χ3n) is 15.3. The fraction of sp³-hybridized carbons (Fsp3) is 0.500. The number of aromatic nitrogens is 1. The number of carbonyl (C=O) groups excluding carboxylic acids is 5. The van der Waals surface area contributed by atoms with Crippen LogP contribution in [0.15, 0.2) is 62.3 Å². The standard InChI is InChI=1S/C56H68N6O18/c1-25(2)22-61-15-17-62(18-16-61)33-20-35(64)41-37(21-33)79-50-42(58-41)38-39-46(67)30(7)49-40(38)51(69)56(9,80-49)76-19-14-36(74-10)27(4)48(78-31(8)63)29(6)45(66)28(5)44(65)26(3)12-11-13-32(52(70)59-43(50)47(39)68)23-75-55(73)54(72)57-34-24-77-60-53(34)71/h11-14,19-21,25-29,34,36,44-45,48,65-67,69H,15-18,22-24H2,1-10H3,(H,57,72)(H,59,70)(H,60,71). The third-order valence-corrected chi connectivity index (χ3v) is 15.3. The van der Waals surface area contributed by atoms with Crippen LogP contribution in [-0.4, -0.2) is 149 Å². The number of carbonyl (C=O) groups is 5. The number of methoxy groups -OCH3 is 1. The van der Waals surface area contributed by atoms with Crippen molar-refractivity contribution in [3.8, 4) is 11.5 Å². The van der Waals surface area contributed by atoms with Crippen molar-refractivity contribution in [3.05, 3.63) is 79.5 Å². The van der Waals surface area contributed by atoms with E-state index >= 15 is 4.79 Å². The summed E-state index contributed by atoms with van der Waals surface area (Å²) in [5.74, 6) is -11.6. The van der Waals surface area contributed by atoms with E-state index in [4.69, 9.17) is 37.9 Å². The molecule has 24 nitrogen and oxygen atoms in total. The van der Waals surface area contributed by atoms with Crippen LogP contribution in [0.5, 0.6) is 11.5 Å². The van der Waals surface area contributed by atoms with Crippen LogP contribution in [0.3, 0.4) is 0 Å². The number of nitrogens with one attached hydrogen (secondary N) is 3. The van der Waals surface area contributed by atoms with E-state index in [0.29, 0.717) is 24.7 Å². The highest BCUT2D eigenvalue weighted by Crippen LogP contribution is 2.42. The van der Waals surface area contributed by atoms with Crippen molar-refractivity contribution in [2.24, 2.45) is 29.6 Å². The van der Waals surface area contributed by atoms with Crippen LogP contribution in [0, 0.1) is 36.5 Å². The van der Waals surface area contributed by atoms with Crippen LogP contribution in [0.4, 0.5) is 11.4 Å². The molecule has 3 amide bonds. The smallest absolute Gasteiger partial charge is 0.397 e. The van der Waals surface area contributed by atoms with Crippen molar-refractivity contribution in [3.63, 3.8) is 0 Å². The summed E-state index contributed by atoms with van der Waals surface area (Å²) >= 11 is 0. The highest BCUT2D eigenvalue weighted by molar-refractivity contribution is 6.33. The Kier molecular flexibility index (Phi) is 17.3. The van der Waals surface area contributed by atoms with Gasteiger partial charge in [0.2, 0.25) is 10.9 Å². The first-order valence-corrected chi connectivity index (χ1v) is 26.4. The Bertz CT molecular complexity index is 3400. The molecule has 24 heteroatoms. The topological polar surface area (TPSA) is 324 Å². The molecule has 80 heavy (non-hydrogen) atoms. The minimum Gasteiger partial charge on any atom is -0.507 e. The Labute approximate surface area is 458 Å². The van der Waals surface area contributed by atoms with Gasteiger partial charge in [-0.3, -0.25) is 38.5 Å². The van der Waals surface area contributed by atoms with E-state index in [0.717, 1.165) is 19.6 Å². The molecule has 10 unspecified atom stereocenters. The van der Waals surface area contributed by atoms with Crippen molar-refractivity contribution in [1.29, 1.82) is 0 Å². The number of allylic oxidation sites excluding steroid dienone is 2. The minimum absolute atomic E-state index is 0.0572. The number of piperazine rings is 1. The summed E-state index contributed by atoms with van der Waals surface area (Å²) in [6.45, 7) is 17.1. The van der Waals surface area contributed by atoms with Crippen LogP contribution >= 0.6 is 0 Å². The summed E-state index contributed by atoms with van der Waals surface area (Å²) in [6.07, 6.45) is 2.21. The first-order valence-electron chi connectivity index (χ1n) is 26.4. The number of nitrogens with zero attached hydrogens (tertiary/aromatic N) is 3. The van der Waals surface area contributed by atoms with Crippen LogP contribution in [0.1, 0.15) is 61.0 Å². The number of benzene rings is 3. The number of fused-ring (bicyclic) bond motifs is 14. The molecule has 0 saturated carbocycles. The zero-order chi connectivity index (χ0) is 58.2. The minimum atomic E-state index is -2.09. The van der Waals surface area contributed by atoms with Gasteiger partial charge in [-0.25, -0.2) is 15.3 Å². The number of aliphatic hydroxyl groups excluding tert-OH is 3. The van der Waals surface area contributed by atoms with Crippen LogP contribution in [0.25, 0.3) is 38.7 Å². The average molecular weight is 1110 g/mol. The number of amides is 3. The maximum atomic E-state index is 15.3. The van der Waals surface area contributed by atoms with E-state index in [9.17, 15) is 49.2 Å². The van der Waals surface area contributed by atoms with Gasteiger partial charge in [-0.1, -0.05) is 59.8 Å². The third kappa shape index (κ3) is 11.5. The lowest BCUT2D eigenvalue weighted by Crippen LogP contribution is -2.47.